The van der Waals surface area contributed by atoms with Crippen molar-refractivity contribution < 1.29 is 0 Å². The van der Waals surface area contributed by atoms with Crippen LogP contribution < -0.4 is 0 Å². The molecular formula is C54H38N2. The maximum Gasteiger partial charge on any atom is 0.145 e. The second-order valence-corrected chi connectivity index (χ2v) is 14.5. The first kappa shape index (κ1) is 33.3. The smallest absolute Gasteiger partial charge is 0.145 e. The minimum Gasteiger partial charge on any atom is -0.297 e. The highest BCUT2D eigenvalue weighted by molar-refractivity contribution is 6.24. The number of fused-ring (bicyclic) bond motifs is 3. The van der Waals surface area contributed by atoms with E-state index < -0.39 is 0 Å². The standard InChI is InChI=1S/C54H38N2/c1-36(2)56-51-31-16-15-30-50(51)55-54(56)41-23-17-22-39(34-41)40-32-33-48-49(35-40)53(45-27-12-10-25-43(45)38-20-7-4-8-21-38)47-29-14-13-28-46(47)52(48)44-26-11-9-24-42(44)37-18-5-3-6-19-37/h3-35H,1H2,2H3. The first-order valence-electron chi connectivity index (χ1n) is 19.2. The highest BCUT2D eigenvalue weighted by atomic mass is 15.1. The number of aromatic nitrogens is 2. The van der Waals surface area contributed by atoms with Crippen molar-refractivity contribution in [3.8, 4) is 67.0 Å². The first-order valence-corrected chi connectivity index (χ1v) is 19.2. The summed E-state index contributed by atoms with van der Waals surface area (Å²) in [6, 6.07) is 72.3. The van der Waals surface area contributed by atoms with Gasteiger partial charge in [0.05, 0.1) is 11.0 Å². The van der Waals surface area contributed by atoms with Gasteiger partial charge in [-0.1, -0.05) is 183 Å². The van der Waals surface area contributed by atoms with Gasteiger partial charge in [0.25, 0.3) is 0 Å². The van der Waals surface area contributed by atoms with Gasteiger partial charge in [-0.3, -0.25) is 4.57 Å². The molecule has 56 heavy (non-hydrogen) atoms. The molecule has 9 aromatic carbocycles. The normalized spacial score (nSPS) is 11.4. The highest BCUT2D eigenvalue weighted by Crippen LogP contribution is 2.48. The maximum atomic E-state index is 5.10. The second kappa shape index (κ2) is 13.8. The van der Waals surface area contributed by atoms with Crippen LogP contribution in [0.3, 0.4) is 0 Å². The lowest BCUT2D eigenvalue weighted by Crippen LogP contribution is -1.96. The molecule has 10 aromatic rings. The van der Waals surface area contributed by atoms with Crippen molar-refractivity contribution in [1.29, 1.82) is 0 Å². The van der Waals surface area contributed by atoms with Crippen LogP contribution in [-0.2, 0) is 0 Å². The largest absolute Gasteiger partial charge is 0.297 e. The number of benzene rings is 9. The molecule has 0 saturated heterocycles. The van der Waals surface area contributed by atoms with Gasteiger partial charge in [0, 0.05) is 11.3 Å². The van der Waals surface area contributed by atoms with Crippen LogP contribution in [0, 0.1) is 0 Å². The van der Waals surface area contributed by atoms with Crippen molar-refractivity contribution in [1.82, 2.24) is 9.55 Å². The van der Waals surface area contributed by atoms with Crippen LogP contribution >= 0.6 is 0 Å². The van der Waals surface area contributed by atoms with E-state index >= 15 is 0 Å². The van der Waals surface area contributed by atoms with E-state index in [1.165, 1.54) is 66.1 Å². The number of para-hydroxylation sites is 2. The van der Waals surface area contributed by atoms with Gasteiger partial charge in [0.15, 0.2) is 0 Å². The van der Waals surface area contributed by atoms with E-state index in [1.807, 2.05) is 13.0 Å². The number of allylic oxidation sites excluding steroid dienone is 1. The Bertz CT molecular complexity index is 3100. The number of hydrogen-bond acceptors (Lipinski definition) is 1. The molecule has 0 saturated carbocycles. The van der Waals surface area contributed by atoms with Crippen LogP contribution in [0.1, 0.15) is 6.92 Å². The van der Waals surface area contributed by atoms with Crippen LogP contribution in [0.4, 0.5) is 0 Å². The topological polar surface area (TPSA) is 17.8 Å². The molecule has 0 unspecified atom stereocenters. The average Bonchev–Trinajstić information content (AvgIpc) is 3.66. The maximum absolute atomic E-state index is 5.10. The molecule has 0 aliphatic heterocycles. The molecule has 0 aliphatic rings. The predicted molar refractivity (Wildman–Crippen MR) is 238 cm³/mol. The zero-order valence-corrected chi connectivity index (χ0v) is 31.2. The molecule has 1 aromatic heterocycles. The Kier molecular flexibility index (Phi) is 8.23. The summed E-state index contributed by atoms with van der Waals surface area (Å²) in [5.41, 5.74) is 16.0. The molecule has 0 fully saturated rings. The van der Waals surface area contributed by atoms with Gasteiger partial charge in [-0.2, -0.15) is 0 Å². The quantitative estimate of drug-likeness (QED) is 0.150. The fourth-order valence-electron chi connectivity index (χ4n) is 8.52. The Hall–Kier alpha value is -7.29. The second-order valence-electron chi connectivity index (χ2n) is 14.5. The summed E-state index contributed by atoms with van der Waals surface area (Å²) in [5, 5.41) is 4.88. The summed E-state index contributed by atoms with van der Waals surface area (Å²) >= 11 is 0. The Morgan fingerprint density at radius 1 is 0.393 bits per heavy atom. The van der Waals surface area contributed by atoms with Crippen LogP contribution in [0.2, 0.25) is 0 Å². The molecule has 0 spiro atoms. The number of imidazole rings is 1. The Morgan fingerprint density at radius 3 is 1.48 bits per heavy atom. The Labute approximate surface area is 327 Å². The summed E-state index contributed by atoms with van der Waals surface area (Å²) < 4.78 is 2.16. The predicted octanol–water partition coefficient (Wildman–Crippen LogP) is 14.8. The van der Waals surface area contributed by atoms with E-state index in [9.17, 15) is 0 Å². The molecule has 0 bridgehead atoms. The summed E-state index contributed by atoms with van der Waals surface area (Å²) in [6.07, 6.45) is 0. The van der Waals surface area contributed by atoms with Gasteiger partial charge in [-0.25, -0.2) is 4.98 Å². The molecule has 1 heterocycles. The molecule has 10 rings (SSSR count). The molecule has 264 valence electrons. The van der Waals surface area contributed by atoms with Crippen LogP contribution in [0.5, 0.6) is 0 Å². The van der Waals surface area contributed by atoms with Gasteiger partial charge >= 0.3 is 0 Å². The molecule has 0 amide bonds. The minimum absolute atomic E-state index is 0.893. The lowest BCUT2D eigenvalue weighted by atomic mass is 9.81. The summed E-state index contributed by atoms with van der Waals surface area (Å²) in [5.74, 6) is 0.893. The zero-order valence-electron chi connectivity index (χ0n) is 31.2. The SMILES string of the molecule is C=C(C)n1c(-c2cccc(-c3ccc4c(-c5ccccc5-c5ccccc5)c5ccccc5c(-c5ccccc5-c5ccccc5)c4c3)c2)nc2ccccc21. The fraction of sp³-hybridized carbons (Fsp3) is 0.0185. The average molecular weight is 715 g/mol. The van der Waals surface area contributed by atoms with Crippen LogP contribution in [-0.4, -0.2) is 9.55 Å². The number of nitrogens with zero attached hydrogens (tertiary/aromatic N) is 2. The first-order chi connectivity index (χ1) is 27.6. The van der Waals surface area contributed by atoms with Gasteiger partial charge < -0.3 is 0 Å². The van der Waals surface area contributed by atoms with Gasteiger partial charge in [0.1, 0.15) is 5.82 Å². The number of rotatable bonds is 7. The number of hydrogen-bond donors (Lipinski definition) is 0. The fourth-order valence-corrected chi connectivity index (χ4v) is 8.52. The van der Waals surface area contributed by atoms with Crippen LogP contribution in [0.15, 0.2) is 207 Å². The third kappa shape index (κ3) is 5.63. The van der Waals surface area contributed by atoms with E-state index in [1.54, 1.807) is 0 Å². The third-order valence-electron chi connectivity index (χ3n) is 11.0. The Balaban J connectivity index is 1.27. The molecule has 0 atom stereocenters. The molecule has 2 nitrogen and oxygen atoms in total. The van der Waals surface area contributed by atoms with Crippen molar-refractivity contribution in [2.24, 2.45) is 0 Å². The third-order valence-corrected chi connectivity index (χ3v) is 11.0. The zero-order chi connectivity index (χ0) is 37.6. The van der Waals surface area contributed by atoms with E-state index in [0.29, 0.717) is 0 Å². The summed E-state index contributed by atoms with van der Waals surface area (Å²) in [7, 11) is 0. The lowest BCUT2D eigenvalue weighted by Gasteiger charge is -2.22. The molecule has 0 aliphatic carbocycles. The van der Waals surface area contributed by atoms with Crippen molar-refractivity contribution >= 4 is 38.3 Å². The van der Waals surface area contributed by atoms with E-state index in [-0.39, 0.29) is 0 Å². The summed E-state index contributed by atoms with van der Waals surface area (Å²) in [4.78, 5) is 5.10. The monoisotopic (exact) mass is 714 g/mol. The van der Waals surface area contributed by atoms with E-state index in [4.69, 9.17) is 4.98 Å². The van der Waals surface area contributed by atoms with Gasteiger partial charge in [0.2, 0.25) is 0 Å². The van der Waals surface area contributed by atoms with Crippen molar-refractivity contribution in [2.75, 3.05) is 0 Å². The molecule has 0 radical (unpaired) electrons. The van der Waals surface area contributed by atoms with Gasteiger partial charge in [-0.15, -0.1) is 0 Å². The molecule has 2 heteroatoms. The van der Waals surface area contributed by atoms with E-state index in [0.717, 1.165) is 39.2 Å². The lowest BCUT2D eigenvalue weighted by molar-refractivity contribution is 1.13. The van der Waals surface area contributed by atoms with Crippen molar-refractivity contribution in [3.05, 3.63) is 207 Å². The minimum atomic E-state index is 0.893. The van der Waals surface area contributed by atoms with E-state index in [2.05, 4.69) is 205 Å². The van der Waals surface area contributed by atoms with Gasteiger partial charge in [-0.05, 0) is 108 Å². The highest BCUT2D eigenvalue weighted by Gasteiger charge is 2.22. The Morgan fingerprint density at radius 2 is 0.857 bits per heavy atom. The summed E-state index contributed by atoms with van der Waals surface area (Å²) in [6.45, 7) is 6.36. The molecule has 0 N–H and O–H groups in total. The van der Waals surface area contributed by atoms with Crippen molar-refractivity contribution in [2.45, 2.75) is 6.92 Å². The van der Waals surface area contributed by atoms with Crippen LogP contribution in [0.25, 0.3) is 105 Å². The molecular weight excluding hydrogens is 677 g/mol. The van der Waals surface area contributed by atoms with Crippen molar-refractivity contribution in [3.63, 3.8) is 0 Å².